The number of nitrogens with one attached hydrogen (secondary N) is 1. The summed E-state index contributed by atoms with van der Waals surface area (Å²) < 4.78 is 1.11. The number of hydrogen-bond acceptors (Lipinski definition) is 6. The van der Waals surface area contributed by atoms with Gasteiger partial charge in [-0.3, -0.25) is 5.43 Å². The zero-order valence-corrected chi connectivity index (χ0v) is 12.8. The first kappa shape index (κ1) is 13.7. The maximum absolute atomic E-state index is 9.85. The lowest BCUT2D eigenvalue weighted by molar-refractivity contribution is 0.480. The molecule has 2 N–H and O–H groups in total. The lowest BCUT2D eigenvalue weighted by Gasteiger charge is -2.00. The van der Waals surface area contributed by atoms with Gasteiger partial charge in [0, 0.05) is 5.39 Å². The van der Waals surface area contributed by atoms with Gasteiger partial charge in [-0.05, 0) is 24.3 Å². The van der Waals surface area contributed by atoms with Crippen LogP contribution < -0.4 is 5.43 Å². The van der Waals surface area contributed by atoms with Crippen LogP contribution in [0, 0.1) is 0 Å². The predicted molar refractivity (Wildman–Crippen MR) is 94.2 cm³/mol. The van der Waals surface area contributed by atoms with Crippen molar-refractivity contribution in [3.8, 4) is 5.75 Å². The maximum Gasteiger partial charge on any atom is 0.204 e. The number of anilines is 1. The Labute approximate surface area is 136 Å². The molecule has 2 aromatic carbocycles. The molecular weight excluding hydrogens is 308 g/mol. The Balaban J connectivity index is 1.57. The summed E-state index contributed by atoms with van der Waals surface area (Å²) in [5.41, 5.74) is 5.09. The van der Waals surface area contributed by atoms with Crippen molar-refractivity contribution >= 4 is 43.8 Å². The zero-order chi connectivity index (χ0) is 15.6. The van der Waals surface area contributed by atoms with Crippen LogP contribution in [0.3, 0.4) is 0 Å². The molecule has 0 fully saturated rings. The molecule has 23 heavy (non-hydrogen) atoms. The second-order valence-electron chi connectivity index (χ2n) is 4.94. The van der Waals surface area contributed by atoms with Crippen LogP contribution in [0.1, 0.15) is 5.69 Å². The smallest absolute Gasteiger partial charge is 0.204 e. The SMILES string of the molecule is Oc1cccc2ccc(/C=N/Nc3nc4ccccc4s3)nc12. The molecule has 0 aliphatic carbocycles. The molecule has 0 saturated carbocycles. The van der Waals surface area contributed by atoms with Crippen molar-refractivity contribution in [2.24, 2.45) is 5.10 Å². The number of hydrazone groups is 1. The lowest BCUT2D eigenvalue weighted by Crippen LogP contribution is -1.93. The van der Waals surface area contributed by atoms with E-state index in [2.05, 4.69) is 20.5 Å². The summed E-state index contributed by atoms with van der Waals surface area (Å²) in [5, 5.41) is 15.6. The Bertz CT molecular complexity index is 992. The van der Waals surface area contributed by atoms with E-state index in [1.165, 1.54) is 0 Å². The molecule has 0 radical (unpaired) electrons. The monoisotopic (exact) mass is 320 g/mol. The molecule has 112 valence electrons. The highest BCUT2D eigenvalue weighted by Gasteiger charge is 2.02. The molecule has 0 atom stereocenters. The highest BCUT2D eigenvalue weighted by atomic mass is 32.1. The molecule has 0 saturated heterocycles. The van der Waals surface area contributed by atoms with Gasteiger partial charge in [0.05, 0.1) is 22.1 Å². The standard InChI is InChI=1S/C17H12N4OS/c22-14-6-3-4-11-8-9-12(19-16(11)14)10-18-21-17-20-13-5-1-2-7-15(13)23-17/h1-10,22H,(H,20,21)/b18-10+. The van der Waals surface area contributed by atoms with E-state index in [1.807, 2.05) is 42.5 Å². The maximum atomic E-state index is 9.85. The average molecular weight is 320 g/mol. The number of aromatic hydroxyl groups is 1. The van der Waals surface area contributed by atoms with Gasteiger partial charge < -0.3 is 5.11 Å². The Morgan fingerprint density at radius 3 is 2.83 bits per heavy atom. The first-order valence-corrected chi connectivity index (χ1v) is 7.85. The molecule has 0 aliphatic rings. The third-order valence-electron chi connectivity index (χ3n) is 3.37. The zero-order valence-electron chi connectivity index (χ0n) is 12.0. The average Bonchev–Trinajstić information content (AvgIpc) is 2.98. The Morgan fingerprint density at radius 2 is 1.91 bits per heavy atom. The third-order valence-corrected chi connectivity index (χ3v) is 4.31. The minimum Gasteiger partial charge on any atom is -0.506 e. The first-order chi connectivity index (χ1) is 11.3. The van der Waals surface area contributed by atoms with Crippen molar-refractivity contribution < 1.29 is 5.11 Å². The fourth-order valence-electron chi connectivity index (χ4n) is 2.29. The fourth-order valence-corrected chi connectivity index (χ4v) is 3.11. The van der Waals surface area contributed by atoms with Crippen LogP contribution in [0.15, 0.2) is 59.7 Å². The summed E-state index contributed by atoms with van der Waals surface area (Å²) in [6.07, 6.45) is 1.61. The van der Waals surface area contributed by atoms with E-state index in [9.17, 15) is 5.11 Å². The van der Waals surface area contributed by atoms with Gasteiger partial charge in [-0.2, -0.15) is 5.10 Å². The summed E-state index contributed by atoms with van der Waals surface area (Å²) in [6.45, 7) is 0. The highest BCUT2D eigenvalue weighted by Crippen LogP contribution is 2.25. The van der Waals surface area contributed by atoms with Crippen LogP contribution in [-0.4, -0.2) is 21.3 Å². The number of hydrogen-bond donors (Lipinski definition) is 2. The number of pyridine rings is 1. The topological polar surface area (TPSA) is 70.4 Å². The quantitative estimate of drug-likeness (QED) is 0.442. The minimum absolute atomic E-state index is 0.164. The number of aromatic nitrogens is 2. The molecule has 2 heterocycles. The number of phenols is 1. The van der Waals surface area contributed by atoms with Gasteiger partial charge in [-0.15, -0.1) is 0 Å². The van der Waals surface area contributed by atoms with Crippen molar-refractivity contribution in [3.63, 3.8) is 0 Å². The van der Waals surface area contributed by atoms with Gasteiger partial charge >= 0.3 is 0 Å². The van der Waals surface area contributed by atoms with Crippen molar-refractivity contribution in [2.75, 3.05) is 5.43 Å². The molecule has 6 heteroatoms. The number of benzene rings is 2. The molecule has 2 aromatic heterocycles. The fraction of sp³-hybridized carbons (Fsp3) is 0. The van der Waals surface area contributed by atoms with Gasteiger partial charge in [0.25, 0.3) is 0 Å². The number of para-hydroxylation sites is 2. The Morgan fingerprint density at radius 1 is 1.00 bits per heavy atom. The second-order valence-corrected chi connectivity index (χ2v) is 5.97. The summed E-state index contributed by atoms with van der Waals surface area (Å²) >= 11 is 1.54. The van der Waals surface area contributed by atoms with Crippen LogP contribution >= 0.6 is 11.3 Å². The van der Waals surface area contributed by atoms with Crippen molar-refractivity contribution in [1.82, 2.24) is 9.97 Å². The molecule has 0 aliphatic heterocycles. The van der Waals surface area contributed by atoms with Crippen LogP contribution in [0.25, 0.3) is 21.1 Å². The Kier molecular flexibility index (Phi) is 3.36. The second kappa shape index (κ2) is 5.66. The van der Waals surface area contributed by atoms with Gasteiger partial charge in [0.1, 0.15) is 11.3 Å². The van der Waals surface area contributed by atoms with Gasteiger partial charge in [-0.1, -0.05) is 41.7 Å². The van der Waals surface area contributed by atoms with Crippen LogP contribution in [0.4, 0.5) is 5.13 Å². The van der Waals surface area contributed by atoms with Gasteiger partial charge in [0.2, 0.25) is 5.13 Å². The highest BCUT2D eigenvalue weighted by molar-refractivity contribution is 7.22. The number of thiazole rings is 1. The summed E-state index contributed by atoms with van der Waals surface area (Å²) in [7, 11) is 0. The van der Waals surface area contributed by atoms with E-state index in [0.717, 1.165) is 20.7 Å². The summed E-state index contributed by atoms with van der Waals surface area (Å²) in [4.78, 5) is 8.83. The molecule has 0 spiro atoms. The largest absolute Gasteiger partial charge is 0.506 e. The molecule has 0 unspecified atom stereocenters. The number of nitrogens with zero attached hydrogens (tertiary/aromatic N) is 3. The number of phenolic OH excluding ortho intramolecular Hbond substituents is 1. The molecule has 0 bridgehead atoms. The normalized spacial score (nSPS) is 11.5. The molecule has 0 amide bonds. The molecule has 4 aromatic rings. The van der Waals surface area contributed by atoms with Crippen LogP contribution in [-0.2, 0) is 0 Å². The molecular formula is C17H12N4OS. The minimum atomic E-state index is 0.164. The van der Waals surface area contributed by atoms with Crippen molar-refractivity contribution in [1.29, 1.82) is 0 Å². The predicted octanol–water partition coefficient (Wildman–Crippen LogP) is 4.00. The van der Waals surface area contributed by atoms with E-state index >= 15 is 0 Å². The van der Waals surface area contributed by atoms with Gasteiger partial charge in [0.15, 0.2) is 0 Å². The summed E-state index contributed by atoms with van der Waals surface area (Å²) in [5.74, 6) is 0.164. The third kappa shape index (κ3) is 2.72. The first-order valence-electron chi connectivity index (χ1n) is 7.03. The molecule has 5 nitrogen and oxygen atoms in total. The molecule has 4 rings (SSSR count). The van der Waals surface area contributed by atoms with Crippen molar-refractivity contribution in [2.45, 2.75) is 0 Å². The van der Waals surface area contributed by atoms with Crippen molar-refractivity contribution in [3.05, 3.63) is 60.3 Å². The lowest BCUT2D eigenvalue weighted by atomic mass is 10.2. The number of fused-ring (bicyclic) bond motifs is 2. The van der Waals surface area contributed by atoms with Crippen LogP contribution in [0.5, 0.6) is 5.75 Å². The van der Waals surface area contributed by atoms with E-state index in [4.69, 9.17) is 0 Å². The Hall–Kier alpha value is -2.99. The van der Waals surface area contributed by atoms with Gasteiger partial charge in [-0.25, -0.2) is 9.97 Å². The van der Waals surface area contributed by atoms with Crippen LogP contribution in [0.2, 0.25) is 0 Å². The van der Waals surface area contributed by atoms with E-state index in [1.54, 1.807) is 29.7 Å². The number of rotatable bonds is 3. The van der Waals surface area contributed by atoms with E-state index in [-0.39, 0.29) is 5.75 Å². The van der Waals surface area contributed by atoms with E-state index in [0.29, 0.717) is 11.2 Å². The van der Waals surface area contributed by atoms with E-state index < -0.39 is 0 Å². The summed E-state index contributed by atoms with van der Waals surface area (Å²) in [6, 6.07) is 17.0.